The molecule has 1 aromatic heterocycles. The summed E-state index contributed by atoms with van der Waals surface area (Å²) in [5.41, 5.74) is 3.80. The van der Waals surface area contributed by atoms with Gasteiger partial charge >= 0.3 is 0 Å². The van der Waals surface area contributed by atoms with Gasteiger partial charge in [-0.1, -0.05) is 23.7 Å². The van der Waals surface area contributed by atoms with Crippen LogP contribution in [-0.4, -0.2) is 22.7 Å². The van der Waals surface area contributed by atoms with Crippen molar-refractivity contribution in [3.63, 3.8) is 0 Å². The first-order valence-corrected chi connectivity index (χ1v) is 6.80. The van der Waals surface area contributed by atoms with Crippen molar-refractivity contribution in [2.24, 2.45) is 5.10 Å². The van der Waals surface area contributed by atoms with Gasteiger partial charge in [0.15, 0.2) is 11.0 Å². The van der Waals surface area contributed by atoms with E-state index in [0.717, 1.165) is 5.56 Å². The quantitative estimate of drug-likeness (QED) is 0.530. The molecule has 0 bridgehead atoms. The van der Waals surface area contributed by atoms with Crippen molar-refractivity contribution >= 4 is 35.4 Å². The van der Waals surface area contributed by atoms with E-state index in [4.69, 9.17) is 11.6 Å². The van der Waals surface area contributed by atoms with Crippen molar-refractivity contribution in [3.8, 4) is 0 Å². The Morgan fingerprint density at radius 3 is 2.56 bits per heavy atom. The van der Waals surface area contributed by atoms with Crippen LogP contribution in [0.25, 0.3) is 0 Å². The van der Waals surface area contributed by atoms with Gasteiger partial charge in [-0.3, -0.25) is 5.43 Å². The molecule has 2 rings (SSSR count). The van der Waals surface area contributed by atoms with Crippen LogP contribution in [0.2, 0.25) is 5.15 Å². The van der Waals surface area contributed by atoms with Crippen molar-refractivity contribution in [1.82, 2.24) is 10.2 Å². The van der Waals surface area contributed by atoms with Crippen LogP contribution in [0, 0.1) is 0 Å². The van der Waals surface area contributed by atoms with E-state index in [2.05, 4.69) is 20.7 Å². The number of aromatic nitrogens is 2. The summed E-state index contributed by atoms with van der Waals surface area (Å²) < 4.78 is 0. The Bertz CT molecular complexity index is 525. The van der Waals surface area contributed by atoms with Crippen molar-refractivity contribution in [2.75, 3.05) is 11.7 Å². The van der Waals surface area contributed by atoms with Gasteiger partial charge < -0.3 is 0 Å². The monoisotopic (exact) mass is 278 g/mol. The highest BCUT2D eigenvalue weighted by atomic mass is 35.5. The van der Waals surface area contributed by atoms with Crippen LogP contribution in [-0.2, 0) is 0 Å². The van der Waals surface area contributed by atoms with E-state index >= 15 is 0 Å². The average Bonchev–Trinajstić information content (AvgIpc) is 2.42. The summed E-state index contributed by atoms with van der Waals surface area (Å²) in [5, 5.41) is 12.0. The molecule has 4 nitrogen and oxygen atoms in total. The van der Waals surface area contributed by atoms with Gasteiger partial charge in [0.1, 0.15) is 0 Å². The Labute approximate surface area is 114 Å². The van der Waals surface area contributed by atoms with Crippen LogP contribution in [0.3, 0.4) is 0 Å². The number of benzene rings is 1. The van der Waals surface area contributed by atoms with Crippen molar-refractivity contribution in [3.05, 3.63) is 47.1 Å². The number of nitrogens with one attached hydrogen (secondary N) is 1. The fourth-order valence-electron chi connectivity index (χ4n) is 1.24. The van der Waals surface area contributed by atoms with Gasteiger partial charge in [0.25, 0.3) is 0 Å². The molecule has 0 saturated heterocycles. The summed E-state index contributed by atoms with van der Waals surface area (Å²) >= 11 is 7.34. The van der Waals surface area contributed by atoms with Crippen molar-refractivity contribution in [2.45, 2.75) is 4.90 Å². The Balaban J connectivity index is 1.96. The average molecular weight is 279 g/mol. The molecule has 1 N–H and O–H groups in total. The third kappa shape index (κ3) is 3.72. The molecule has 6 heteroatoms. The summed E-state index contributed by atoms with van der Waals surface area (Å²) in [6, 6.07) is 11.5. The van der Waals surface area contributed by atoms with Gasteiger partial charge in [-0.05, 0) is 36.1 Å². The number of nitrogens with zero attached hydrogens (tertiary/aromatic N) is 3. The fourth-order valence-corrected chi connectivity index (χ4v) is 1.75. The predicted octanol–water partition coefficient (Wildman–Crippen LogP) is 3.30. The van der Waals surface area contributed by atoms with Crippen LogP contribution >= 0.6 is 23.4 Å². The maximum absolute atomic E-state index is 5.63. The van der Waals surface area contributed by atoms with E-state index in [1.807, 2.05) is 30.5 Å². The molecule has 1 heterocycles. The minimum Gasteiger partial charge on any atom is -0.260 e. The van der Waals surface area contributed by atoms with Gasteiger partial charge in [0.2, 0.25) is 0 Å². The SMILES string of the molecule is CSc1ccc(/C=N/Nc2ccc(Cl)nn2)cc1. The lowest BCUT2D eigenvalue weighted by Gasteiger charge is -1.98. The minimum atomic E-state index is 0.359. The molecule has 0 spiro atoms. The second kappa shape index (κ2) is 6.37. The van der Waals surface area contributed by atoms with Crippen molar-refractivity contribution < 1.29 is 0 Å². The molecule has 1 aromatic carbocycles. The molecule has 0 amide bonds. The number of hydrazone groups is 1. The first-order chi connectivity index (χ1) is 8.78. The van der Waals surface area contributed by atoms with Crippen LogP contribution < -0.4 is 5.43 Å². The zero-order chi connectivity index (χ0) is 12.8. The molecule has 2 aromatic rings. The Kier molecular flexibility index (Phi) is 4.55. The Morgan fingerprint density at radius 1 is 1.17 bits per heavy atom. The standard InChI is InChI=1S/C12H11ClN4S/c1-18-10-4-2-9(3-5-10)8-14-16-12-7-6-11(13)15-17-12/h2-8H,1H3,(H,16,17)/b14-8+. The smallest absolute Gasteiger partial charge is 0.168 e. The van der Waals surface area contributed by atoms with Gasteiger partial charge in [0.05, 0.1) is 6.21 Å². The maximum atomic E-state index is 5.63. The van der Waals surface area contributed by atoms with E-state index in [1.54, 1.807) is 30.1 Å². The summed E-state index contributed by atoms with van der Waals surface area (Å²) in [6.45, 7) is 0. The molecular weight excluding hydrogens is 268 g/mol. The van der Waals surface area contributed by atoms with Crippen LogP contribution in [0.1, 0.15) is 5.56 Å². The lowest BCUT2D eigenvalue weighted by Crippen LogP contribution is -1.94. The molecule has 0 radical (unpaired) electrons. The number of thioether (sulfide) groups is 1. The van der Waals surface area contributed by atoms with Crippen LogP contribution in [0.15, 0.2) is 46.4 Å². The van der Waals surface area contributed by atoms with E-state index < -0.39 is 0 Å². The van der Waals surface area contributed by atoms with Gasteiger partial charge in [0, 0.05) is 4.90 Å². The summed E-state index contributed by atoms with van der Waals surface area (Å²) in [5.74, 6) is 0.552. The summed E-state index contributed by atoms with van der Waals surface area (Å²) in [4.78, 5) is 1.23. The Morgan fingerprint density at radius 2 is 1.94 bits per heavy atom. The molecule has 0 atom stereocenters. The van der Waals surface area contributed by atoms with E-state index in [0.29, 0.717) is 11.0 Å². The zero-order valence-corrected chi connectivity index (χ0v) is 11.2. The minimum absolute atomic E-state index is 0.359. The first-order valence-electron chi connectivity index (χ1n) is 5.20. The lowest BCUT2D eigenvalue weighted by atomic mass is 10.2. The Hall–Kier alpha value is -1.59. The predicted molar refractivity (Wildman–Crippen MR) is 76.5 cm³/mol. The third-order valence-corrected chi connectivity index (χ3v) is 3.09. The lowest BCUT2D eigenvalue weighted by molar-refractivity contribution is 1.02. The molecule has 92 valence electrons. The fraction of sp³-hybridized carbons (Fsp3) is 0.0833. The largest absolute Gasteiger partial charge is 0.260 e. The van der Waals surface area contributed by atoms with E-state index in [1.165, 1.54) is 4.90 Å². The van der Waals surface area contributed by atoms with E-state index in [9.17, 15) is 0 Å². The number of hydrogen-bond acceptors (Lipinski definition) is 5. The second-order valence-electron chi connectivity index (χ2n) is 3.38. The number of halogens is 1. The van der Waals surface area contributed by atoms with Gasteiger partial charge in [-0.15, -0.1) is 22.0 Å². The number of rotatable bonds is 4. The molecule has 0 unspecified atom stereocenters. The number of hydrogen-bond donors (Lipinski definition) is 1. The molecular formula is C12H11ClN4S. The molecule has 18 heavy (non-hydrogen) atoms. The number of anilines is 1. The summed E-state index contributed by atoms with van der Waals surface area (Å²) in [6.07, 6.45) is 3.77. The molecule has 0 aliphatic rings. The molecule has 0 fully saturated rings. The molecule has 0 saturated carbocycles. The van der Waals surface area contributed by atoms with Gasteiger partial charge in [-0.2, -0.15) is 5.10 Å². The van der Waals surface area contributed by atoms with Crippen LogP contribution in [0.4, 0.5) is 5.82 Å². The van der Waals surface area contributed by atoms with Crippen LogP contribution in [0.5, 0.6) is 0 Å². The normalized spacial score (nSPS) is 10.8. The highest BCUT2D eigenvalue weighted by molar-refractivity contribution is 7.98. The second-order valence-corrected chi connectivity index (χ2v) is 4.65. The first kappa shape index (κ1) is 12.9. The highest BCUT2D eigenvalue weighted by Crippen LogP contribution is 2.14. The van der Waals surface area contributed by atoms with E-state index in [-0.39, 0.29) is 0 Å². The maximum Gasteiger partial charge on any atom is 0.168 e. The summed E-state index contributed by atoms with van der Waals surface area (Å²) in [7, 11) is 0. The highest BCUT2D eigenvalue weighted by Gasteiger charge is 1.93. The molecule has 0 aliphatic heterocycles. The zero-order valence-electron chi connectivity index (χ0n) is 9.67. The van der Waals surface area contributed by atoms with Crippen molar-refractivity contribution in [1.29, 1.82) is 0 Å². The van der Waals surface area contributed by atoms with Gasteiger partial charge in [-0.25, -0.2) is 0 Å². The topological polar surface area (TPSA) is 50.2 Å². The third-order valence-electron chi connectivity index (χ3n) is 2.14. The molecule has 0 aliphatic carbocycles.